The van der Waals surface area contributed by atoms with E-state index in [1.54, 1.807) is 13.2 Å². The zero-order valence-electron chi connectivity index (χ0n) is 14.0. The lowest BCUT2D eigenvalue weighted by molar-refractivity contribution is 0.0706. The van der Waals surface area contributed by atoms with Gasteiger partial charge in [-0.05, 0) is 36.3 Å². The predicted molar refractivity (Wildman–Crippen MR) is 90.7 cm³/mol. The third kappa shape index (κ3) is 3.15. The quantitative estimate of drug-likeness (QED) is 0.784. The molecule has 1 saturated heterocycles. The Labute approximate surface area is 144 Å². The van der Waals surface area contributed by atoms with Crippen LogP contribution in [0, 0.1) is 0 Å². The number of aromatic amines is 1. The summed E-state index contributed by atoms with van der Waals surface area (Å²) in [5.74, 6) is 0.935. The average Bonchev–Trinajstić information content (AvgIpc) is 3.33. The number of hydrogen-bond donors (Lipinski definition) is 1. The number of likely N-dealkylation sites (tertiary alicyclic amines) is 1. The van der Waals surface area contributed by atoms with Crippen molar-refractivity contribution in [3.8, 4) is 11.4 Å². The Bertz CT molecular complexity index is 854. The second-order valence-electron chi connectivity index (χ2n) is 6.28. The van der Waals surface area contributed by atoms with Gasteiger partial charge < -0.3 is 4.90 Å². The summed E-state index contributed by atoms with van der Waals surface area (Å²) in [6, 6.07) is 9.37. The first-order valence-electron chi connectivity index (χ1n) is 8.33. The lowest BCUT2D eigenvalue weighted by atomic mass is 9.94. The van der Waals surface area contributed by atoms with E-state index in [4.69, 9.17) is 0 Å². The number of carbonyl (C=O) groups excluding carboxylic acids is 1. The van der Waals surface area contributed by atoms with Gasteiger partial charge in [-0.15, -0.1) is 10.2 Å². The van der Waals surface area contributed by atoms with Crippen molar-refractivity contribution in [2.75, 3.05) is 13.1 Å². The summed E-state index contributed by atoms with van der Waals surface area (Å²) in [5.41, 5.74) is 2.62. The maximum Gasteiger partial charge on any atom is 0.253 e. The number of H-pyrrole nitrogens is 1. The second kappa shape index (κ2) is 6.46. The predicted octanol–water partition coefficient (Wildman–Crippen LogP) is 1.62. The highest BCUT2D eigenvalue weighted by Crippen LogP contribution is 2.26. The topological polar surface area (TPSA) is 92.6 Å². The van der Waals surface area contributed by atoms with Crippen molar-refractivity contribution >= 4 is 5.91 Å². The Morgan fingerprint density at radius 1 is 1.24 bits per heavy atom. The Kier molecular flexibility index (Phi) is 4.01. The van der Waals surface area contributed by atoms with E-state index in [1.807, 2.05) is 35.2 Å². The van der Waals surface area contributed by atoms with Crippen molar-refractivity contribution in [1.29, 1.82) is 0 Å². The molecule has 3 aromatic rings. The lowest BCUT2D eigenvalue weighted by Gasteiger charge is -2.32. The molecule has 4 rings (SSSR count). The standard InChI is InChI=1S/C17H19N7O/c1-23-21-16(20-22-23)12-4-6-13(7-5-12)17(25)24-10-2-3-14(11-24)15-8-9-18-19-15/h4-9,14H,2-3,10-11H2,1H3,(H,18,19)/t14-/m0/s1. The van der Waals surface area contributed by atoms with Gasteiger partial charge in [0.2, 0.25) is 5.82 Å². The minimum atomic E-state index is 0.0582. The number of piperidine rings is 1. The average molecular weight is 337 g/mol. The van der Waals surface area contributed by atoms with Gasteiger partial charge in [0, 0.05) is 42.0 Å². The van der Waals surface area contributed by atoms with Crippen molar-refractivity contribution in [3.63, 3.8) is 0 Å². The minimum absolute atomic E-state index is 0.0582. The molecular formula is C17H19N7O. The molecule has 1 fully saturated rings. The Morgan fingerprint density at radius 2 is 2.08 bits per heavy atom. The number of rotatable bonds is 3. The number of nitrogens with zero attached hydrogens (tertiary/aromatic N) is 6. The number of aromatic nitrogens is 6. The van der Waals surface area contributed by atoms with Crippen LogP contribution in [0.15, 0.2) is 36.5 Å². The van der Waals surface area contributed by atoms with Gasteiger partial charge in [-0.1, -0.05) is 12.1 Å². The van der Waals surface area contributed by atoms with Crippen LogP contribution < -0.4 is 0 Å². The van der Waals surface area contributed by atoms with E-state index in [9.17, 15) is 4.79 Å². The highest BCUT2D eigenvalue weighted by molar-refractivity contribution is 5.94. The van der Waals surface area contributed by atoms with Crippen molar-refractivity contribution in [2.24, 2.45) is 7.05 Å². The molecular weight excluding hydrogens is 318 g/mol. The number of hydrogen-bond acceptors (Lipinski definition) is 5. The third-order valence-corrected chi connectivity index (χ3v) is 4.57. The largest absolute Gasteiger partial charge is 0.338 e. The number of carbonyl (C=O) groups is 1. The van der Waals surface area contributed by atoms with Crippen LogP contribution in [0.2, 0.25) is 0 Å². The summed E-state index contributed by atoms with van der Waals surface area (Å²) in [4.78, 5) is 16.2. The Balaban J connectivity index is 1.48. The molecule has 1 aliphatic rings. The molecule has 1 aliphatic heterocycles. The van der Waals surface area contributed by atoms with Gasteiger partial charge >= 0.3 is 0 Å². The van der Waals surface area contributed by atoms with Crippen molar-refractivity contribution in [1.82, 2.24) is 35.3 Å². The van der Waals surface area contributed by atoms with Crippen LogP contribution in [0.5, 0.6) is 0 Å². The number of tetrazole rings is 1. The van der Waals surface area contributed by atoms with Gasteiger partial charge in [0.25, 0.3) is 5.91 Å². The molecule has 3 heterocycles. The summed E-state index contributed by atoms with van der Waals surface area (Å²) in [7, 11) is 1.72. The number of amides is 1. The molecule has 0 spiro atoms. The van der Waals surface area contributed by atoms with Gasteiger partial charge in [-0.2, -0.15) is 9.90 Å². The van der Waals surface area contributed by atoms with Crippen LogP contribution in [0.1, 0.15) is 34.8 Å². The van der Waals surface area contributed by atoms with E-state index in [2.05, 4.69) is 25.6 Å². The maximum atomic E-state index is 12.8. The highest BCUT2D eigenvalue weighted by atomic mass is 16.2. The van der Waals surface area contributed by atoms with E-state index in [-0.39, 0.29) is 5.91 Å². The van der Waals surface area contributed by atoms with Gasteiger partial charge in [0.1, 0.15) is 0 Å². The van der Waals surface area contributed by atoms with Crippen LogP contribution in [-0.2, 0) is 7.05 Å². The van der Waals surface area contributed by atoms with E-state index in [0.717, 1.165) is 30.6 Å². The molecule has 0 bridgehead atoms. The Hall–Kier alpha value is -3.03. The van der Waals surface area contributed by atoms with Crippen LogP contribution in [-0.4, -0.2) is 54.3 Å². The summed E-state index contributed by atoms with van der Waals surface area (Å²) in [5, 5.41) is 19.0. The summed E-state index contributed by atoms with van der Waals surface area (Å²) < 4.78 is 0. The first-order chi connectivity index (χ1) is 12.2. The molecule has 128 valence electrons. The smallest absolute Gasteiger partial charge is 0.253 e. The fraction of sp³-hybridized carbons (Fsp3) is 0.353. The van der Waals surface area contributed by atoms with Gasteiger partial charge in [0.05, 0.1) is 7.05 Å². The van der Waals surface area contributed by atoms with Crippen LogP contribution in [0.4, 0.5) is 0 Å². The van der Waals surface area contributed by atoms with Crippen LogP contribution >= 0.6 is 0 Å². The fourth-order valence-electron chi connectivity index (χ4n) is 3.25. The van der Waals surface area contributed by atoms with Crippen molar-refractivity contribution < 1.29 is 4.79 Å². The van der Waals surface area contributed by atoms with Crippen molar-refractivity contribution in [2.45, 2.75) is 18.8 Å². The highest BCUT2D eigenvalue weighted by Gasteiger charge is 2.26. The van der Waals surface area contributed by atoms with E-state index in [1.165, 1.54) is 4.80 Å². The monoisotopic (exact) mass is 337 g/mol. The van der Waals surface area contributed by atoms with Gasteiger partial charge in [0.15, 0.2) is 0 Å². The van der Waals surface area contributed by atoms with Crippen LogP contribution in [0.25, 0.3) is 11.4 Å². The number of benzene rings is 1. The van der Waals surface area contributed by atoms with Crippen LogP contribution in [0.3, 0.4) is 0 Å². The molecule has 2 aromatic heterocycles. The normalized spacial score (nSPS) is 17.6. The molecule has 8 heteroatoms. The molecule has 0 saturated carbocycles. The molecule has 1 amide bonds. The van der Waals surface area contributed by atoms with Gasteiger partial charge in [-0.3, -0.25) is 9.89 Å². The van der Waals surface area contributed by atoms with E-state index >= 15 is 0 Å². The fourth-order valence-corrected chi connectivity index (χ4v) is 3.25. The number of aryl methyl sites for hydroxylation is 1. The molecule has 25 heavy (non-hydrogen) atoms. The third-order valence-electron chi connectivity index (χ3n) is 4.57. The summed E-state index contributed by atoms with van der Waals surface area (Å²) in [6.45, 7) is 1.51. The molecule has 0 aliphatic carbocycles. The minimum Gasteiger partial charge on any atom is -0.338 e. The summed E-state index contributed by atoms with van der Waals surface area (Å²) >= 11 is 0. The molecule has 0 radical (unpaired) electrons. The zero-order valence-corrected chi connectivity index (χ0v) is 14.0. The molecule has 1 atom stereocenters. The first kappa shape index (κ1) is 15.5. The van der Waals surface area contributed by atoms with Gasteiger partial charge in [-0.25, -0.2) is 0 Å². The van der Waals surface area contributed by atoms with E-state index < -0.39 is 0 Å². The Morgan fingerprint density at radius 3 is 2.76 bits per heavy atom. The second-order valence-corrected chi connectivity index (χ2v) is 6.28. The maximum absolute atomic E-state index is 12.8. The zero-order chi connectivity index (χ0) is 17.2. The molecule has 0 unspecified atom stereocenters. The van der Waals surface area contributed by atoms with E-state index in [0.29, 0.717) is 23.9 Å². The number of nitrogens with one attached hydrogen (secondary N) is 1. The van der Waals surface area contributed by atoms with Crippen molar-refractivity contribution in [3.05, 3.63) is 47.8 Å². The summed E-state index contributed by atoms with van der Waals surface area (Å²) in [6.07, 6.45) is 3.83. The lowest BCUT2D eigenvalue weighted by Crippen LogP contribution is -2.39. The molecule has 1 aromatic carbocycles. The SMILES string of the molecule is Cn1nnc(-c2ccc(C(=O)N3CCC[C@H](c4ccn[nH]4)C3)cc2)n1. The molecule has 1 N–H and O–H groups in total. The molecule has 8 nitrogen and oxygen atoms in total. The first-order valence-corrected chi connectivity index (χ1v) is 8.33.